The Kier molecular flexibility index (Phi) is 6.94. The molecule has 0 bridgehead atoms. The summed E-state index contributed by atoms with van der Waals surface area (Å²) in [5, 5.41) is 10.0. The van der Waals surface area contributed by atoms with E-state index in [1.54, 1.807) is 12.1 Å². The maximum absolute atomic E-state index is 11.6. The van der Waals surface area contributed by atoms with E-state index in [1.165, 1.54) is 0 Å². The number of nitrogens with one attached hydrogen (secondary N) is 3. The summed E-state index contributed by atoms with van der Waals surface area (Å²) >= 11 is 0. The fraction of sp³-hybridized carbons (Fsp3) is 0.545. The van der Waals surface area contributed by atoms with E-state index in [9.17, 15) is 4.79 Å². The maximum Gasteiger partial charge on any atom is 0.248 e. The standard InChI is InChI=1S/C22H34N8O/c1-6-30(13-22(3,4)5)21-28-19(25-16-9-10-24-12-16)27-20(29-21)26-17-11-15(18(23)31)8-7-14(17)2/h7-8,11,16,24H,6,9-10,12-13H2,1-5H3,(H2,23,31)(H2,25,26,27,28,29)/t16-/m1/s1. The second-order valence-corrected chi connectivity index (χ2v) is 9.21. The normalized spacial score (nSPS) is 16.2. The number of carbonyl (C=O) groups is 1. The van der Waals surface area contributed by atoms with Gasteiger partial charge >= 0.3 is 0 Å². The van der Waals surface area contributed by atoms with E-state index in [0.29, 0.717) is 23.4 Å². The fourth-order valence-corrected chi connectivity index (χ4v) is 3.51. The Morgan fingerprint density at radius 3 is 2.61 bits per heavy atom. The lowest BCUT2D eigenvalue weighted by Crippen LogP contribution is -2.34. The first-order chi connectivity index (χ1) is 14.6. The van der Waals surface area contributed by atoms with Crippen LogP contribution in [0.3, 0.4) is 0 Å². The molecule has 168 valence electrons. The molecule has 0 saturated carbocycles. The van der Waals surface area contributed by atoms with Gasteiger partial charge in [0.25, 0.3) is 0 Å². The molecule has 2 aromatic rings. The number of aromatic nitrogens is 3. The summed E-state index contributed by atoms with van der Waals surface area (Å²) in [6.45, 7) is 14.1. The van der Waals surface area contributed by atoms with Crippen molar-refractivity contribution < 1.29 is 4.79 Å². The molecule has 0 spiro atoms. The highest BCUT2D eigenvalue weighted by atomic mass is 16.1. The molecule has 0 aliphatic carbocycles. The molecule has 1 amide bonds. The van der Waals surface area contributed by atoms with Crippen LogP contribution >= 0.6 is 0 Å². The topological polar surface area (TPSA) is 121 Å². The van der Waals surface area contributed by atoms with Crippen molar-refractivity contribution in [3.63, 3.8) is 0 Å². The molecule has 31 heavy (non-hydrogen) atoms. The largest absolute Gasteiger partial charge is 0.366 e. The average molecular weight is 427 g/mol. The summed E-state index contributed by atoms with van der Waals surface area (Å²) in [7, 11) is 0. The van der Waals surface area contributed by atoms with Crippen LogP contribution in [-0.2, 0) is 0 Å². The van der Waals surface area contributed by atoms with E-state index in [2.05, 4.69) is 53.5 Å². The number of benzene rings is 1. The monoisotopic (exact) mass is 426 g/mol. The van der Waals surface area contributed by atoms with Crippen molar-refractivity contribution in [1.29, 1.82) is 0 Å². The summed E-state index contributed by atoms with van der Waals surface area (Å²) in [6, 6.07) is 5.57. The fourth-order valence-electron chi connectivity index (χ4n) is 3.51. The van der Waals surface area contributed by atoms with Crippen LogP contribution in [0.4, 0.5) is 23.5 Å². The Labute approximate surface area is 184 Å². The lowest BCUT2D eigenvalue weighted by Gasteiger charge is -2.29. The minimum absolute atomic E-state index is 0.0889. The highest BCUT2D eigenvalue weighted by Gasteiger charge is 2.21. The summed E-state index contributed by atoms with van der Waals surface area (Å²) in [5.41, 5.74) is 7.67. The first kappa shape index (κ1) is 22.7. The second-order valence-electron chi connectivity index (χ2n) is 9.21. The molecular weight excluding hydrogens is 392 g/mol. The van der Waals surface area contributed by atoms with E-state index in [4.69, 9.17) is 15.7 Å². The number of nitrogens with zero attached hydrogens (tertiary/aromatic N) is 4. The predicted octanol–water partition coefficient (Wildman–Crippen LogP) is 2.67. The smallest absolute Gasteiger partial charge is 0.248 e. The molecule has 3 rings (SSSR count). The van der Waals surface area contributed by atoms with Crippen LogP contribution in [0.25, 0.3) is 0 Å². The highest BCUT2D eigenvalue weighted by molar-refractivity contribution is 5.94. The molecule has 1 aliphatic rings. The molecule has 9 heteroatoms. The molecule has 1 saturated heterocycles. The van der Waals surface area contributed by atoms with Crippen molar-refractivity contribution in [3.05, 3.63) is 29.3 Å². The number of carbonyl (C=O) groups excluding carboxylic acids is 1. The minimum Gasteiger partial charge on any atom is -0.366 e. The van der Waals surface area contributed by atoms with Crippen LogP contribution < -0.4 is 26.6 Å². The highest BCUT2D eigenvalue weighted by Crippen LogP contribution is 2.24. The van der Waals surface area contributed by atoms with E-state index in [1.807, 2.05) is 13.0 Å². The molecule has 1 aliphatic heterocycles. The zero-order valence-electron chi connectivity index (χ0n) is 19.1. The molecule has 9 nitrogen and oxygen atoms in total. The number of aryl methyl sites for hydroxylation is 1. The zero-order chi connectivity index (χ0) is 22.6. The van der Waals surface area contributed by atoms with Crippen molar-refractivity contribution in [2.75, 3.05) is 41.7 Å². The van der Waals surface area contributed by atoms with Crippen LogP contribution in [0.15, 0.2) is 18.2 Å². The van der Waals surface area contributed by atoms with E-state index in [-0.39, 0.29) is 11.5 Å². The number of hydrogen-bond acceptors (Lipinski definition) is 8. The van der Waals surface area contributed by atoms with Gasteiger partial charge in [0.15, 0.2) is 0 Å². The molecule has 1 atom stereocenters. The van der Waals surface area contributed by atoms with Crippen molar-refractivity contribution >= 4 is 29.4 Å². The van der Waals surface area contributed by atoms with Crippen LogP contribution in [-0.4, -0.2) is 53.1 Å². The van der Waals surface area contributed by atoms with Gasteiger partial charge in [-0.3, -0.25) is 4.79 Å². The Hall–Kier alpha value is -2.94. The molecule has 1 aromatic heterocycles. The van der Waals surface area contributed by atoms with Gasteiger partial charge in [-0.05, 0) is 49.9 Å². The Morgan fingerprint density at radius 1 is 1.26 bits per heavy atom. The molecule has 2 heterocycles. The SMILES string of the molecule is CCN(CC(C)(C)C)c1nc(Nc2cc(C(N)=O)ccc2C)nc(N[C@@H]2CCNC2)n1. The van der Waals surface area contributed by atoms with Crippen molar-refractivity contribution in [2.24, 2.45) is 11.1 Å². The summed E-state index contributed by atoms with van der Waals surface area (Å²) in [6.07, 6.45) is 1.02. The number of anilines is 4. The van der Waals surface area contributed by atoms with Gasteiger partial charge in [0, 0.05) is 36.9 Å². The molecule has 0 unspecified atom stereocenters. The number of primary amides is 1. The summed E-state index contributed by atoms with van der Waals surface area (Å²) in [5.74, 6) is 1.11. The van der Waals surface area contributed by atoms with E-state index >= 15 is 0 Å². The number of hydrogen-bond donors (Lipinski definition) is 4. The molecule has 5 N–H and O–H groups in total. The lowest BCUT2D eigenvalue weighted by atomic mass is 9.96. The van der Waals surface area contributed by atoms with E-state index in [0.717, 1.165) is 43.9 Å². The maximum atomic E-state index is 11.6. The Balaban J connectivity index is 1.96. The van der Waals surface area contributed by atoms with Gasteiger partial charge in [0.2, 0.25) is 23.8 Å². The van der Waals surface area contributed by atoms with Gasteiger partial charge in [-0.2, -0.15) is 15.0 Å². The molecule has 0 radical (unpaired) electrons. The molecule has 1 fully saturated rings. The van der Waals surface area contributed by atoms with Gasteiger partial charge in [-0.1, -0.05) is 26.8 Å². The van der Waals surface area contributed by atoms with Crippen molar-refractivity contribution in [3.8, 4) is 0 Å². The van der Waals surface area contributed by atoms with Crippen LogP contribution in [0.2, 0.25) is 0 Å². The van der Waals surface area contributed by atoms with Gasteiger partial charge in [-0.15, -0.1) is 0 Å². The number of nitrogens with two attached hydrogens (primary N) is 1. The number of rotatable bonds is 8. The summed E-state index contributed by atoms with van der Waals surface area (Å²) in [4.78, 5) is 27.8. The van der Waals surface area contributed by atoms with Crippen molar-refractivity contribution in [1.82, 2.24) is 20.3 Å². The molecular formula is C22H34N8O. The van der Waals surface area contributed by atoms with Crippen molar-refractivity contribution in [2.45, 2.75) is 47.1 Å². The van der Waals surface area contributed by atoms with Gasteiger partial charge in [-0.25, -0.2) is 0 Å². The summed E-state index contributed by atoms with van der Waals surface area (Å²) < 4.78 is 0. The van der Waals surface area contributed by atoms with Gasteiger partial charge in [0.1, 0.15) is 0 Å². The van der Waals surface area contributed by atoms with Gasteiger partial charge < -0.3 is 26.6 Å². The number of amides is 1. The van der Waals surface area contributed by atoms with Crippen LogP contribution in [0.5, 0.6) is 0 Å². The lowest BCUT2D eigenvalue weighted by molar-refractivity contribution is 0.100. The Bertz CT molecular complexity index is 918. The molecule has 1 aromatic carbocycles. The second kappa shape index (κ2) is 9.47. The van der Waals surface area contributed by atoms with Crippen LogP contribution in [0, 0.1) is 12.3 Å². The minimum atomic E-state index is -0.474. The third-order valence-corrected chi connectivity index (χ3v) is 5.12. The predicted molar refractivity (Wildman–Crippen MR) is 125 cm³/mol. The third-order valence-electron chi connectivity index (χ3n) is 5.12. The third kappa shape index (κ3) is 6.27. The average Bonchev–Trinajstić information content (AvgIpc) is 3.19. The first-order valence-electron chi connectivity index (χ1n) is 10.8. The van der Waals surface area contributed by atoms with E-state index < -0.39 is 5.91 Å². The Morgan fingerprint density at radius 2 is 2.00 bits per heavy atom. The zero-order valence-corrected chi connectivity index (χ0v) is 19.1. The van der Waals surface area contributed by atoms with Crippen LogP contribution in [0.1, 0.15) is 50.0 Å². The quantitative estimate of drug-likeness (QED) is 0.508. The van der Waals surface area contributed by atoms with Gasteiger partial charge in [0.05, 0.1) is 0 Å². The first-order valence-corrected chi connectivity index (χ1v) is 10.8.